The second kappa shape index (κ2) is 8.75. The Morgan fingerprint density at radius 1 is 1.22 bits per heavy atom. The number of rotatable bonds is 5. The van der Waals surface area contributed by atoms with E-state index in [0.29, 0.717) is 40.5 Å². The number of benzene rings is 2. The Bertz CT molecular complexity index is 1180. The summed E-state index contributed by atoms with van der Waals surface area (Å²) in [5.41, 5.74) is 9.25. The molecule has 0 saturated heterocycles. The fourth-order valence-corrected chi connectivity index (χ4v) is 4.35. The Morgan fingerprint density at radius 2 is 2.00 bits per heavy atom. The van der Waals surface area contributed by atoms with Crippen LogP contribution in [0.2, 0.25) is 0 Å². The molecule has 32 heavy (non-hydrogen) atoms. The molecule has 4 rings (SSSR count). The van der Waals surface area contributed by atoms with E-state index in [1.54, 1.807) is 48.3 Å². The average molecular weight is 433 g/mol. The van der Waals surface area contributed by atoms with Crippen molar-refractivity contribution in [2.24, 2.45) is 5.73 Å². The van der Waals surface area contributed by atoms with Crippen LogP contribution < -0.4 is 15.2 Å². The highest BCUT2D eigenvalue weighted by atomic mass is 19.1. The topological polar surface area (TPSA) is 88.6 Å². The Kier molecular flexibility index (Phi) is 5.87. The lowest BCUT2D eigenvalue weighted by Gasteiger charge is -2.37. The van der Waals surface area contributed by atoms with Crippen molar-refractivity contribution in [3.05, 3.63) is 82.1 Å². The van der Waals surface area contributed by atoms with Gasteiger partial charge in [-0.2, -0.15) is 5.26 Å². The standard InChI is InChI=1S/C25H24FN3O3/c1-29-19-8-5-9-20(30)24(19)23(17(13-27)25(29)28)15-10-11-21(22(12-15)31-2)32-14-16-6-3-4-7-18(16)26/h3-4,6-7,10-12,23H,5,8-9,14,28H2,1-2H3/t23-/m0/s1. The number of ether oxygens (including phenoxy) is 2. The van der Waals surface area contributed by atoms with Crippen molar-refractivity contribution in [2.75, 3.05) is 14.2 Å². The van der Waals surface area contributed by atoms with Gasteiger partial charge >= 0.3 is 0 Å². The number of nitrogens with two attached hydrogens (primary N) is 1. The molecule has 164 valence electrons. The van der Waals surface area contributed by atoms with Crippen LogP contribution in [0.15, 0.2) is 65.1 Å². The van der Waals surface area contributed by atoms with E-state index in [9.17, 15) is 14.4 Å². The third-order valence-electron chi connectivity index (χ3n) is 6.03. The van der Waals surface area contributed by atoms with E-state index in [1.807, 2.05) is 0 Å². The molecule has 2 aromatic rings. The summed E-state index contributed by atoms with van der Waals surface area (Å²) in [6, 6.07) is 13.9. The monoisotopic (exact) mass is 433 g/mol. The summed E-state index contributed by atoms with van der Waals surface area (Å²) >= 11 is 0. The first-order chi connectivity index (χ1) is 15.5. The maximum absolute atomic E-state index is 13.9. The van der Waals surface area contributed by atoms with Crippen LogP contribution in [-0.4, -0.2) is 24.8 Å². The van der Waals surface area contributed by atoms with Gasteiger partial charge < -0.3 is 20.1 Å². The summed E-state index contributed by atoms with van der Waals surface area (Å²) in [4.78, 5) is 14.6. The van der Waals surface area contributed by atoms with Crippen LogP contribution in [0, 0.1) is 17.1 Å². The molecule has 0 spiro atoms. The third kappa shape index (κ3) is 3.69. The number of allylic oxidation sites excluding steroid dienone is 3. The number of methoxy groups -OCH3 is 1. The van der Waals surface area contributed by atoms with E-state index in [4.69, 9.17) is 15.2 Å². The zero-order valence-electron chi connectivity index (χ0n) is 18.0. The maximum Gasteiger partial charge on any atom is 0.161 e. The van der Waals surface area contributed by atoms with Crippen molar-refractivity contribution in [2.45, 2.75) is 31.8 Å². The normalized spacial score (nSPS) is 18.4. The summed E-state index contributed by atoms with van der Waals surface area (Å²) in [6.07, 6.45) is 1.94. The Balaban J connectivity index is 1.72. The molecule has 0 unspecified atom stereocenters. The smallest absolute Gasteiger partial charge is 0.161 e. The summed E-state index contributed by atoms with van der Waals surface area (Å²) in [6.45, 7) is 0.0423. The number of Topliss-reactive ketones (excluding diaryl/α,β-unsaturated/α-hetero) is 1. The van der Waals surface area contributed by atoms with Crippen molar-refractivity contribution >= 4 is 5.78 Å². The first kappa shape index (κ1) is 21.4. The van der Waals surface area contributed by atoms with Gasteiger partial charge in [-0.15, -0.1) is 0 Å². The molecule has 0 saturated carbocycles. The Morgan fingerprint density at radius 3 is 2.72 bits per heavy atom. The number of halogens is 1. The molecule has 0 radical (unpaired) electrons. The molecule has 6 nitrogen and oxygen atoms in total. The highest BCUT2D eigenvalue weighted by molar-refractivity contribution is 5.99. The summed E-state index contributed by atoms with van der Waals surface area (Å²) in [5, 5.41) is 9.86. The fourth-order valence-electron chi connectivity index (χ4n) is 4.35. The quantitative estimate of drug-likeness (QED) is 0.762. The molecule has 0 amide bonds. The van der Waals surface area contributed by atoms with Crippen LogP contribution in [0.25, 0.3) is 0 Å². The SMILES string of the molecule is COc1cc([C@H]2C(C#N)=C(N)N(C)C3=C2C(=O)CCC3)ccc1OCc1ccccc1F. The minimum Gasteiger partial charge on any atom is -0.493 e. The molecule has 0 bridgehead atoms. The van der Waals surface area contributed by atoms with Crippen molar-refractivity contribution in [3.63, 3.8) is 0 Å². The van der Waals surface area contributed by atoms with Crippen LogP contribution in [0.3, 0.4) is 0 Å². The number of carbonyl (C=O) groups is 1. The number of nitrogens with zero attached hydrogens (tertiary/aromatic N) is 2. The molecule has 2 aromatic carbocycles. The second-order valence-corrected chi connectivity index (χ2v) is 7.83. The van der Waals surface area contributed by atoms with Gasteiger partial charge in [-0.25, -0.2) is 4.39 Å². The van der Waals surface area contributed by atoms with Gasteiger partial charge in [0.15, 0.2) is 17.3 Å². The van der Waals surface area contributed by atoms with E-state index in [0.717, 1.165) is 24.1 Å². The van der Waals surface area contributed by atoms with Gasteiger partial charge in [0, 0.05) is 30.3 Å². The average Bonchev–Trinajstić information content (AvgIpc) is 2.81. The lowest BCUT2D eigenvalue weighted by atomic mass is 9.76. The maximum atomic E-state index is 13.9. The molecule has 2 aliphatic rings. The Labute approximate surface area is 186 Å². The van der Waals surface area contributed by atoms with Crippen LogP contribution in [0.5, 0.6) is 11.5 Å². The van der Waals surface area contributed by atoms with Gasteiger partial charge in [-0.05, 0) is 36.6 Å². The summed E-state index contributed by atoms with van der Waals surface area (Å²) < 4.78 is 25.2. The van der Waals surface area contributed by atoms with E-state index in [2.05, 4.69) is 6.07 Å². The van der Waals surface area contributed by atoms with Crippen LogP contribution in [0.1, 0.15) is 36.3 Å². The Hall–Kier alpha value is -3.79. The van der Waals surface area contributed by atoms with E-state index in [1.165, 1.54) is 13.2 Å². The third-order valence-corrected chi connectivity index (χ3v) is 6.03. The van der Waals surface area contributed by atoms with E-state index >= 15 is 0 Å². The van der Waals surface area contributed by atoms with E-state index < -0.39 is 5.92 Å². The van der Waals surface area contributed by atoms with Gasteiger partial charge in [0.25, 0.3) is 0 Å². The number of ketones is 1. The predicted octanol–water partition coefficient (Wildman–Crippen LogP) is 4.14. The minimum absolute atomic E-state index is 0.0298. The molecule has 2 N–H and O–H groups in total. The zero-order valence-corrected chi connectivity index (χ0v) is 18.0. The van der Waals surface area contributed by atoms with Crippen LogP contribution >= 0.6 is 0 Å². The van der Waals surface area contributed by atoms with Crippen LogP contribution in [0.4, 0.5) is 4.39 Å². The second-order valence-electron chi connectivity index (χ2n) is 7.83. The summed E-state index contributed by atoms with van der Waals surface area (Å²) in [7, 11) is 3.30. The molecular formula is C25H24FN3O3. The molecule has 0 fully saturated rings. The minimum atomic E-state index is -0.562. The van der Waals surface area contributed by atoms with Gasteiger partial charge in [0.2, 0.25) is 0 Å². The van der Waals surface area contributed by atoms with Crippen molar-refractivity contribution in [1.29, 1.82) is 5.26 Å². The van der Waals surface area contributed by atoms with E-state index in [-0.39, 0.29) is 18.2 Å². The number of hydrogen-bond donors (Lipinski definition) is 1. The molecule has 0 aromatic heterocycles. The van der Waals surface area contributed by atoms with Gasteiger partial charge in [0.1, 0.15) is 18.2 Å². The lowest BCUT2D eigenvalue weighted by molar-refractivity contribution is -0.116. The lowest BCUT2D eigenvalue weighted by Crippen LogP contribution is -2.36. The van der Waals surface area contributed by atoms with Crippen molar-refractivity contribution < 1.29 is 18.7 Å². The molecule has 1 heterocycles. The summed E-state index contributed by atoms with van der Waals surface area (Å²) in [5.74, 6) is 0.343. The first-order valence-electron chi connectivity index (χ1n) is 10.4. The van der Waals surface area contributed by atoms with Gasteiger partial charge in [-0.1, -0.05) is 24.3 Å². The largest absolute Gasteiger partial charge is 0.493 e. The highest BCUT2D eigenvalue weighted by Crippen LogP contribution is 2.45. The highest BCUT2D eigenvalue weighted by Gasteiger charge is 2.38. The first-order valence-corrected chi connectivity index (χ1v) is 10.4. The molecule has 1 aliphatic heterocycles. The predicted molar refractivity (Wildman–Crippen MR) is 117 cm³/mol. The molecule has 1 atom stereocenters. The fraction of sp³-hybridized carbons (Fsp3) is 0.280. The molecular weight excluding hydrogens is 409 g/mol. The van der Waals surface area contributed by atoms with Crippen LogP contribution in [-0.2, 0) is 11.4 Å². The molecule has 7 heteroatoms. The zero-order chi connectivity index (χ0) is 22.8. The van der Waals surface area contributed by atoms with Crippen molar-refractivity contribution in [1.82, 2.24) is 4.90 Å². The molecule has 1 aliphatic carbocycles. The number of nitriles is 1. The van der Waals surface area contributed by atoms with Gasteiger partial charge in [-0.3, -0.25) is 4.79 Å². The number of carbonyl (C=O) groups excluding carboxylic acids is 1. The van der Waals surface area contributed by atoms with Crippen molar-refractivity contribution in [3.8, 4) is 17.6 Å². The van der Waals surface area contributed by atoms with Gasteiger partial charge in [0.05, 0.1) is 24.7 Å². The number of hydrogen-bond acceptors (Lipinski definition) is 6.